The average molecular weight is 330 g/mol. The molecule has 0 aliphatic carbocycles. The number of sulfonamides is 1. The van der Waals surface area contributed by atoms with Crippen LogP contribution in [0.5, 0.6) is 5.75 Å². The normalized spacial score (nSPS) is 11.0. The average Bonchev–Trinajstić information content (AvgIpc) is 2.59. The summed E-state index contributed by atoms with van der Waals surface area (Å²) in [6.07, 6.45) is 0.848. The fourth-order valence-electron chi connectivity index (χ4n) is 2.23. The molecule has 0 saturated heterocycles. The van der Waals surface area contributed by atoms with Crippen LogP contribution in [0.25, 0.3) is 0 Å². The Bertz CT molecular complexity index is 839. The van der Waals surface area contributed by atoms with Gasteiger partial charge in [0.15, 0.2) is 0 Å². The van der Waals surface area contributed by atoms with Gasteiger partial charge >= 0.3 is 0 Å². The van der Waals surface area contributed by atoms with Crippen LogP contribution in [0.15, 0.2) is 47.4 Å². The van der Waals surface area contributed by atoms with Gasteiger partial charge in [-0.05, 0) is 30.2 Å². The summed E-state index contributed by atoms with van der Waals surface area (Å²) in [6, 6.07) is 13.7. The summed E-state index contributed by atoms with van der Waals surface area (Å²) < 4.78 is 32.7. The van der Waals surface area contributed by atoms with E-state index in [0.29, 0.717) is 5.75 Å². The maximum atomic E-state index is 12.4. The minimum Gasteiger partial charge on any atom is -0.496 e. The molecule has 2 aromatic carbocycles. The van der Waals surface area contributed by atoms with Gasteiger partial charge in [-0.2, -0.15) is 5.26 Å². The molecule has 0 heterocycles. The summed E-state index contributed by atoms with van der Waals surface area (Å²) in [5.74, 6) is 0.624. The quantitative estimate of drug-likeness (QED) is 0.883. The van der Waals surface area contributed by atoms with Gasteiger partial charge in [-0.3, -0.25) is 0 Å². The lowest BCUT2D eigenvalue weighted by Gasteiger charge is -2.12. The van der Waals surface area contributed by atoms with E-state index in [4.69, 9.17) is 10.00 Å². The number of rotatable bonds is 6. The lowest BCUT2D eigenvalue weighted by Crippen LogP contribution is -2.24. The third-order valence-electron chi connectivity index (χ3n) is 3.50. The lowest BCUT2D eigenvalue weighted by molar-refractivity contribution is 0.409. The van der Waals surface area contributed by atoms with E-state index in [9.17, 15) is 8.42 Å². The standard InChI is InChI=1S/C17H18N2O3S/c1-3-13-8-9-16(22-2)15(10-13)12-19-23(20,21)17-7-5-4-6-14(17)11-18/h4-10,19H,3,12H2,1-2H3. The molecule has 0 aliphatic rings. The highest BCUT2D eigenvalue weighted by Crippen LogP contribution is 2.21. The summed E-state index contributed by atoms with van der Waals surface area (Å²) in [7, 11) is -2.23. The van der Waals surface area contributed by atoms with Gasteiger partial charge in [0.25, 0.3) is 0 Å². The molecule has 5 nitrogen and oxygen atoms in total. The van der Waals surface area contributed by atoms with Crippen molar-refractivity contribution in [1.82, 2.24) is 4.72 Å². The first-order valence-corrected chi connectivity index (χ1v) is 8.64. The number of ether oxygens (including phenoxy) is 1. The summed E-state index contributed by atoms with van der Waals surface area (Å²) in [5.41, 5.74) is 1.97. The van der Waals surface area contributed by atoms with Crippen molar-refractivity contribution in [3.63, 3.8) is 0 Å². The molecule has 0 saturated carbocycles. The van der Waals surface area contributed by atoms with Gasteiger partial charge in [0.1, 0.15) is 11.8 Å². The highest BCUT2D eigenvalue weighted by Gasteiger charge is 2.18. The van der Waals surface area contributed by atoms with E-state index in [-0.39, 0.29) is 17.0 Å². The Morgan fingerprint density at radius 1 is 1.22 bits per heavy atom. The van der Waals surface area contributed by atoms with E-state index in [1.54, 1.807) is 19.2 Å². The molecule has 6 heteroatoms. The van der Waals surface area contributed by atoms with Gasteiger partial charge in [0.05, 0.1) is 17.6 Å². The molecular formula is C17H18N2O3S. The number of aryl methyl sites for hydroxylation is 1. The number of methoxy groups -OCH3 is 1. The van der Waals surface area contributed by atoms with Gasteiger partial charge in [-0.25, -0.2) is 13.1 Å². The van der Waals surface area contributed by atoms with Crippen molar-refractivity contribution in [3.05, 3.63) is 59.2 Å². The summed E-state index contributed by atoms with van der Waals surface area (Å²) in [4.78, 5) is -0.0203. The zero-order valence-corrected chi connectivity index (χ0v) is 13.9. The molecule has 1 N–H and O–H groups in total. The Morgan fingerprint density at radius 2 is 1.96 bits per heavy atom. The second-order valence-corrected chi connectivity index (χ2v) is 6.67. The first-order chi connectivity index (χ1) is 11.0. The smallest absolute Gasteiger partial charge is 0.242 e. The monoisotopic (exact) mass is 330 g/mol. The Morgan fingerprint density at radius 3 is 2.61 bits per heavy atom. The topological polar surface area (TPSA) is 79.2 Å². The van der Waals surface area contributed by atoms with E-state index in [2.05, 4.69) is 4.72 Å². The predicted octanol–water partition coefficient (Wildman–Crippen LogP) is 2.61. The van der Waals surface area contributed by atoms with E-state index in [1.807, 2.05) is 31.2 Å². The van der Waals surface area contributed by atoms with Crippen LogP contribution in [0, 0.1) is 11.3 Å². The van der Waals surface area contributed by atoms with Crippen LogP contribution in [0.1, 0.15) is 23.6 Å². The molecule has 2 aromatic rings. The van der Waals surface area contributed by atoms with Gasteiger partial charge in [-0.1, -0.05) is 31.2 Å². The van der Waals surface area contributed by atoms with Crippen molar-refractivity contribution in [3.8, 4) is 11.8 Å². The van der Waals surface area contributed by atoms with Gasteiger partial charge < -0.3 is 4.74 Å². The highest BCUT2D eigenvalue weighted by molar-refractivity contribution is 7.89. The maximum absolute atomic E-state index is 12.4. The lowest BCUT2D eigenvalue weighted by atomic mass is 10.1. The second-order valence-electron chi connectivity index (χ2n) is 4.93. The van der Waals surface area contributed by atoms with E-state index in [1.165, 1.54) is 12.1 Å². The first kappa shape index (κ1) is 17.0. The molecule has 0 bridgehead atoms. The van der Waals surface area contributed by atoms with Crippen LogP contribution in [0.4, 0.5) is 0 Å². The number of hydrogen-bond donors (Lipinski definition) is 1. The molecule has 0 fully saturated rings. The van der Waals surface area contributed by atoms with E-state index in [0.717, 1.165) is 17.5 Å². The van der Waals surface area contributed by atoms with Crippen LogP contribution in [0.2, 0.25) is 0 Å². The minimum atomic E-state index is -3.77. The molecule has 120 valence electrons. The largest absolute Gasteiger partial charge is 0.496 e. The van der Waals surface area contributed by atoms with Crippen molar-refractivity contribution >= 4 is 10.0 Å². The first-order valence-electron chi connectivity index (χ1n) is 7.16. The fourth-order valence-corrected chi connectivity index (χ4v) is 3.40. The Labute approximate surface area is 136 Å². The molecular weight excluding hydrogens is 312 g/mol. The molecule has 0 radical (unpaired) electrons. The Balaban J connectivity index is 2.28. The molecule has 0 aromatic heterocycles. The van der Waals surface area contributed by atoms with Crippen molar-refractivity contribution in [2.24, 2.45) is 0 Å². The second kappa shape index (κ2) is 7.27. The number of benzene rings is 2. The van der Waals surface area contributed by atoms with E-state index >= 15 is 0 Å². The summed E-state index contributed by atoms with van der Waals surface area (Å²) in [5, 5.41) is 9.06. The number of nitrogens with zero attached hydrogens (tertiary/aromatic N) is 1. The fraction of sp³-hybridized carbons (Fsp3) is 0.235. The third kappa shape index (κ3) is 3.89. The Kier molecular flexibility index (Phi) is 5.37. The number of hydrogen-bond acceptors (Lipinski definition) is 4. The van der Waals surface area contributed by atoms with Crippen molar-refractivity contribution in [1.29, 1.82) is 5.26 Å². The van der Waals surface area contributed by atoms with Crippen molar-refractivity contribution in [2.75, 3.05) is 7.11 Å². The SMILES string of the molecule is CCc1ccc(OC)c(CNS(=O)(=O)c2ccccc2C#N)c1. The summed E-state index contributed by atoms with van der Waals surface area (Å²) in [6.45, 7) is 2.12. The number of nitrogens with one attached hydrogen (secondary N) is 1. The van der Waals surface area contributed by atoms with Crippen LogP contribution in [-0.4, -0.2) is 15.5 Å². The van der Waals surface area contributed by atoms with Crippen LogP contribution in [-0.2, 0) is 23.0 Å². The minimum absolute atomic E-state index is 0.0203. The molecule has 0 amide bonds. The van der Waals surface area contributed by atoms with Crippen molar-refractivity contribution in [2.45, 2.75) is 24.8 Å². The third-order valence-corrected chi connectivity index (χ3v) is 4.96. The van der Waals surface area contributed by atoms with Crippen LogP contribution < -0.4 is 9.46 Å². The van der Waals surface area contributed by atoms with Gasteiger partial charge in [0, 0.05) is 12.1 Å². The number of nitriles is 1. The molecule has 0 aliphatic heterocycles. The molecule has 0 atom stereocenters. The summed E-state index contributed by atoms with van der Waals surface area (Å²) >= 11 is 0. The van der Waals surface area contributed by atoms with Gasteiger partial charge in [-0.15, -0.1) is 0 Å². The Hall–Kier alpha value is -2.36. The zero-order valence-electron chi connectivity index (χ0n) is 13.0. The molecule has 23 heavy (non-hydrogen) atoms. The zero-order chi connectivity index (χ0) is 16.9. The predicted molar refractivity (Wildman–Crippen MR) is 87.6 cm³/mol. The molecule has 0 unspecified atom stereocenters. The van der Waals surface area contributed by atoms with E-state index < -0.39 is 10.0 Å². The highest BCUT2D eigenvalue weighted by atomic mass is 32.2. The molecule has 0 spiro atoms. The molecule has 2 rings (SSSR count). The van der Waals surface area contributed by atoms with Gasteiger partial charge in [0.2, 0.25) is 10.0 Å². The van der Waals surface area contributed by atoms with Crippen molar-refractivity contribution < 1.29 is 13.2 Å². The van der Waals surface area contributed by atoms with Crippen LogP contribution in [0.3, 0.4) is 0 Å². The van der Waals surface area contributed by atoms with Crippen LogP contribution >= 0.6 is 0 Å². The maximum Gasteiger partial charge on any atom is 0.242 e.